The van der Waals surface area contributed by atoms with Crippen LogP contribution >= 0.6 is 0 Å². The third-order valence-corrected chi connectivity index (χ3v) is 7.87. The number of methoxy groups -OCH3 is 1. The molecule has 45 heavy (non-hydrogen) atoms. The molecule has 4 aromatic rings. The van der Waals surface area contributed by atoms with Gasteiger partial charge >= 0.3 is 6.55 Å². The first-order chi connectivity index (χ1) is 21.7. The molecule has 0 unspecified atom stereocenters. The van der Waals surface area contributed by atoms with E-state index in [-0.39, 0.29) is 48.3 Å². The molecular weight excluding hydrogens is 594 g/mol. The van der Waals surface area contributed by atoms with E-state index in [4.69, 9.17) is 10.5 Å². The molecule has 2 aliphatic rings. The minimum absolute atomic E-state index is 0.00314. The lowest BCUT2D eigenvalue weighted by molar-refractivity contribution is 0.0566. The van der Waals surface area contributed by atoms with Crippen molar-refractivity contribution in [3.63, 3.8) is 0 Å². The van der Waals surface area contributed by atoms with E-state index in [1.807, 2.05) is 0 Å². The molecule has 0 radical (unpaired) electrons. The molecule has 3 aromatic heterocycles. The van der Waals surface area contributed by atoms with Gasteiger partial charge in [-0.1, -0.05) is 0 Å². The zero-order valence-electron chi connectivity index (χ0n) is 24.3. The second-order valence-corrected chi connectivity index (χ2v) is 11.0. The van der Waals surface area contributed by atoms with Gasteiger partial charge in [0.2, 0.25) is 0 Å². The molecule has 1 aromatic carbocycles. The van der Waals surface area contributed by atoms with E-state index in [1.54, 1.807) is 18.3 Å². The molecular formula is C30H31F4N9O2. The number of nitrogens with one attached hydrogen (secondary N) is 1. The number of anilines is 3. The van der Waals surface area contributed by atoms with Crippen molar-refractivity contribution < 1.29 is 27.1 Å². The number of rotatable bonds is 8. The number of halogens is 4. The Morgan fingerprint density at radius 3 is 2.67 bits per heavy atom. The molecule has 0 aliphatic carbocycles. The van der Waals surface area contributed by atoms with Crippen LogP contribution in [0.25, 0.3) is 22.5 Å². The van der Waals surface area contributed by atoms with Crippen LogP contribution in [0.3, 0.4) is 0 Å². The smallest absolute Gasteiger partial charge is 0.333 e. The Balaban J connectivity index is 1.30. The van der Waals surface area contributed by atoms with Crippen molar-refractivity contribution in [3.05, 3.63) is 60.4 Å². The number of likely N-dealkylation sites (tertiary alicyclic amines) is 1. The highest BCUT2D eigenvalue weighted by molar-refractivity contribution is 5.96. The Hall–Kier alpha value is -4.79. The molecule has 11 nitrogen and oxygen atoms in total. The van der Waals surface area contributed by atoms with Gasteiger partial charge in [-0.25, -0.2) is 28.4 Å². The van der Waals surface area contributed by atoms with E-state index in [2.05, 4.69) is 30.3 Å². The highest BCUT2D eigenvalue weighted by atomic mass is 19.3. The maximum atomic E-state index is 15.5. The van der Waals surface area contributed by atoms with E-state index in [1.165, 1.54) is 36.7 Å². The third kappa shape index (κ3) is 6.38. The monoisotopic (exact) mass is 625 g/mol. The van der Waals surface area contributed by atoms with Gasteiger partial charge in [-0.3, -0.25) is 4.79 Å². The number of carbonyl (C=O) groups is 1. The summed E-state index contributed by atoms with van der Waals surface area (Å²) in [5, 5.41) is 6.88. The summed E-state index contributed by atoms with van der Waals surface area (Å²) in [6.07, 6.45) is 6.51. The van der Waals surface area contributed by atoms with E-state index >= 15 is 4.39 Å². The minimum atomic E-state index is -2.78. The Bertz CT molecular complexity index is 1700. The van der Waals surface area contributed by atoms with Crippen molar-refractivity contribution >= 4 is 23.2 Å². The molecule has 5 heterocycles. The summed E-state index contributed by atoms with van der Waals surface area (Å²) < 4.78 is 61.6. The molecule has 236 valence electrons. The SMILES string of the molecule is COc1cc(C(=O)N2CC[C@@H](F)C2)cc(F)c1-c1nccc(Nc2cc(N3CCC[C@H](N)C3)c(-c3cnn(C(F)F)c3)cn2)n1. The van der Waals surface area contributed by atoms with E-state index in [0.29, 0.717) is 40.5 Å². The number of nitrogens with zero attached hydrogens (tertiary/aromatic N) is 7. The van der Waals surface area contributed by atoms with Crippen LogP contribution in [0, 0.1) is 5.82 Å². The first kappa shape index (κ1) is 30.2. The van der Waals surface area contributed by atoms with E-state index in [9.17, 15) is 18.0 Å². The lowest BCUT2D eigenvalue weighted by atomic mass is 10.0. The first-order valence-electron chi connectivity index (χ1n) is 14.4. The van der Waals surface area contributed by atoms with Gasteiger partial charge < -0.3 is 25.6 Å². The number of hydrogen-bond acceptors (Lipinski definition) is 9. The number of amides is 1. The van der Waals surface area contributed by atoms with Gasteiger partial charge in [0, 0.05) is 72.7 Å². The predicted octanol–water partition coefficient (Wildman–Crippen LogP) is 4.80. The lowest BCUT2D eigenvalue weighted by Crippen LogP contribution is -2.43. The molecule has 15 heteroatoms. The fourth-order valence-electron chi connectivity index (χ4n) is 5.66. The van der Waals surface area contributed by atoms with Gasteiger partial charge in [0.15, 0.2) is 5.82 Å². The quantitative estimate of drug-likeness (QED) is 0.266. The number of ether oxygens (including phenoxy) is 1. The molecule has 2 saturated heterocycles. The Labute approximate surface area is 256 Å². The zero-order chi connectivity index (χ0) is 31.7. The molecule has 0 spiro atoms. The normalized spacial score (nSPS) is 18.5. The topological polar surface area (TPSA) is 127 Å². The number of aromatic nitrogens is 5. The Morgan fingerprint density at radius 2 is 1.96 bits per heavy atom. The number of carbonyl (C=O) groups excluding carboxylic acids is 1. The lowest BCUT2D eigenvalue weighted by Gasteiger charge is -2.34. The number of nitrogens with two attached hydrogens (primary N) is 1. The number of pyridine rings is 1. The molecule has 2 fully saturated rings. The number of piperidine rings is 1. The molecule has 1 amide bonds. The van der Waals surface area contributed by atoms with Gasteiger partial charge in [-0.2, -0.15) is 13.9 Å². The molecule has 6 rings (SSSR count). The second kappa shape index (κ2) is 12.7. The van der Waals surface area contributed by atoms with E-state index < -0.39 is 24.4 Å². The van der Waals surface area contributed by atoms with Crippen LogP contribution in [-0.2, 0) is 0 Å². The summed E-state index contributed by atoms with van der Waals surface area (Å²) in [6, 6.07) is 5.76. The van der Waals surface area contributed by atoms with Crippen LogP contribution in [0.1, 0.15) is 36.2 Å². The van der Waals surface area contributed by atoms with Gasteiger partial charge in [0.25, 0.3) is 5.91 Å². The molecule has 3 N–H and O–H groups in total. The van der Waals surface area contributed by atoms with Crippen molar-refractivity contribution in [1.82, 2.24) is 29.6 Å². The van der Waals surface area contributed by atoms with Crippen LogP contribution in [0.4, 0.5) is 34.9 Å². The van der Waals surface area contributed by atoms with Crippen LogP contribution in [0.15, 0.2) is 49.1 Å². The van der Waals surface area contributed by atoms with Crippen molar-refractivity contribution in [2.24, 2.45) is 5.73 Å². The first-order valence-corrected chi connectivity index (χ1v) is 14.4. The number of alkyl halides is 3. The summed E-state index contributed by atoms with van der Waals surface area (Å²) in [4.78, 5) is 29.5. The van der Waals surface area contributed by atoms with Gasteiger partial charge in [-0.05, 0) is 37.5 Å². The molecule has 2 atom stereocenters. The summed E-state index contributed by atoms with van der Waals surface area (Å²) in [5.74, 6) is -0.541. The van der Waals surface area contributed by atoms with E-state index in [0.717, 1.165) is 24.6 Å². The largest absolute Gasteiger partial charge is 0.496 e. The standard InChI is InChI=1S/C30H31F4N9O2/c1-45-24-10-17(29(44)42-8-5-19(31)15-42)9-22(32)27(24)28-36-6-4-25(40-28)39-26-11-23(41-7-2-3-20(35)16-41)21(13-37-26)18-12-38-43(14-18)30(33)34/h4,6,9-14,19-20,30H,2-3,5,7-8,15-16,35H2,1H3,(H,36,37,39,40)/t19-,20+/m1/s1. The van der Waals surface area contributed by atoms with Crippen molar-refractivity contribution in [1.29, 1.82) is 0 Å². The second-order valence-electron chi connectivity index (χ2n) is 11.0. The Kier molecular flexibility index (Phi) is 8.52. The highest BCUT2D eigenvalue weighted by Gasteiger charge is 2.29. The minimum Gasteiger partial charge on any atom is -0.496 e. The van der Waals surface area contributed by atoms with Crippen molar-refractivity contribution in [3.8, 4) is 28.3 Å². The summed E-state index contributed by atoms with van der Waals surface area (Å²) in [5.41, 5.74) is 8.05. The maximum Gasteiger partial charge on any atom is 0.333 e. The highest BCUT2D eigenvalue weighted by Crippen LogP contribution is 2.36. The van der Waals surface area contributed by atoms with Gasteiger partial charge in [0.1, 0.15) is 29.4 Å². The summed E-state index contributed by atoms with van der Waals surface area (Å²) in [6.45, 7) is -1.28. The van der Waals surface area contributed by atoms with Gasteiger partial charge in [0.05, 0.1) is 25.4 Å². The van der Waals surface area contributed by atoms with Crippen LogP contribution < -0.4 is 20.7 Å². The average Bonchev–Trinajstić information content (AvgIpc) is 3.70. The number of benzene rings is 1. The summed E-state index contributed by atoms with van der Waals surface area (Å²) >= 11 is 0. The summed E-state index contributed by atoms with van der Waals surface area (Å²) in [7, 11) is 1.34. The van der Waals surface area contributed by atoms with Crippen LogP contribution in [0.2, 0.25) is 0 Å². The molecule has 2 aliphatic heterocycles. The van der Waals surface area contributed by atoms with Crippen LogP contribution in [0.5, 0.6) is 5.75 Å². The van der Waals surface area contributed by atoms with Crippen LogP contribution in [-0.4, -0.2) is 81.0 Å². The zero-order valence-corrected chi connectivity index (χ0v) is 24.3. The van der Waals surface area contributed by atoms with Crippen molar-refractivity contribution in [2.75, 3.05) is 43.5 Å². The van der Waals surface area contributed by atoms with Crippen molar-refractivity contribution in [2.45, 2.75) is 38.0 Å². The predicted molar refractivity (Wildman–Crippen MR) is 159 cm³/mol. The third-order valence-electron chi connectivity index (χ3n) is 7.87. The average molecular weight is 626 g/mol. The molecule has 0 saturated carbocycles. The number of hydrogen-bond donors (Lipinski definition) is 2. The fraction of sp³-hybridized carbons (Fsp3) is 0.367. The maximum absolute atomic E-state index is 15.5. The Morgan fingerprint density at radius 1 is 1.11 bits per heavy atom. The van der Waals surface area contributed by atoms with Gasteiger partial charge in [-0.15, -0.1) is 0 Å². The fourth-order valence-corrected chi connectivity index (χ4v) is 5.66. The molecule has 0 bridgehead atoms.